The Morgan fingerprint density at radius 2 is 1.10 bits per heavy atom. The van der Waals surface area contributed by atoms with Gasteiger partial charge in [-0.3, -0.25) is 4.79 Å². The summed E-state index contributed by atoms with van der Waals surface area (Å²) in [5, 5.41) is 3.20. The van der Waals surface area contributed by atoms with E-state index in [1.807, 2.05) is 12.1 Å². The highest BCUT2D eigenvalue weighted by molar-refractivity contribution is 5.81. The average Bonchev–Trinajstić information content (AvgIpc) is 3.19. The van der Waals surface area contributed by atoms with Crippen LogP contribution in [0.5, 0.6) is 11.5 Å². The zero-order valence-corrected chi connectivity index (χ0v) is 41.0. The lowest BCUT2D eigenvalue weighted by molar-refractivity contribution is -0.679. The number of carbonyl (C=O) groups is 1. The number of nitrogens with zero attached hydrogens (tertiary/aromatic N) is 1. The van der Waals surface area contributed by atoms with Crippen molar-refractivity contribution < 1.29 is 42.8 Å². The molecule has 2 rings (SSSR count). The van der Waals surface area contributed by atoms with Gasteiger partial charge in [0.05, 0.1) is 6.61 Å². The first kappa shape index (κ1) is 54.2. The monoisotopic (exact) mass is 919 g/mol. The summed E-state index contributed by atoms with van der Waals surface area (Å²) in [7, 11) is 2.05. The van der Waals surface area contributed by atoms with Crippen molar-refractivity contribution in [3.8, 4) is 11.5 Å². The number of halogens is 1. The third-order valence-corrected chi connectivity index (χ3v) is 11.7. The van der Waals surface area contributed by atoms with Gasteiger partial charge in [-0.25, -0.2) is 4.57 Å². The molecule has 1 aromatic heterocycles. The normalized spacial score (nSPS) is 12.0. The molecule has 5 nitrogen and oxygen atoms in total. The van der Waals surface area contributed by atoms with Crippen molar-refractivity contribution in [2.45, 2.75) is 239 Å². The maximum atomic E-state index is 13.6. The van der Waals surface area contributed by atoms with Crippen LogP contribution in [0.4, 0.5) is 0 Å². The van der Waals surface area contributed by atoms with Crippen LogP contribution in [0.15, 0.2) is 42.6 Å². The summed E-state index contributed by atoms with van der Waals surface area (Å²) in [4.78, 5) is 13.6. The molecule has 0 aliphatic heterocycles. The van der Waals surface area contributed by atoms with E-state index >= 15 is 0 Å². The predicted molar refractivity (Wildman–Crippen MR) is 245 cm³/mol. The summed E-state index contributed by atoms with van der Waals surface area (Å²) in [5.41, 5.74) is 2.22. The number of ether oxygens (including phenoxy) is 2. The highest BCUT2D eigenvalue weighted by Crippen LogP contribution is 2.35. The van der Waals surface area contributed by atoms with Crippen LogP contribution in [0.1, 0.15) is 232 Å². The van der Waals surface area contributed by atoms with Gasteiger partial charge < -0.3 is 38.8 Å². The van der Waals surface area contributed by atoms with Gasteiger partial charge >= 0.3 is 0 Å². The van der Waals surface area contributed by atoms with E-state index in [1.54, 1.807) is 0 Å². The van der Waals surface area contributed by atoms with Gasteiger partial charge in [0, 0.05) is 30.7 Å². The molecule has 6 heteroatoms. The van der Waals surface area contributed by atoms with Crippen molar-refractivity contribution >= 4 is 5.91 Å². The van der Waals surface area contributed by atoms with Crippen molar-refractivity contribution in [1.29, 1.82) is 0 Å². The second kappa shape index (κ2) is 35.9. The second-order valence-electron chi connectivity index (χ2n) is 18.2. The molecule has 0 fully saturated rings. The minimum Gasteiger partial charge on any atom is -1.00 e. The Kier molecular flexibility index (Phi) is 33.5. The predicted octanol–water partition coefficient (Wildman–Crippen LogP) is 11.7. The zero-order valence-electron chi connectivity index (χ0n) is 38.8. The summed E-state index contributed by atoms with van der Waals surface area (Å²) >= 11 is 0. The van der Waals surface area contributed by atoms with Gasteiger partial charge in [-0.05, 0) is 42.9 Å². The molecule has 1 unspecified atom stereocenters. The first-order chi connectivity index (χ1) is 27.8. The van der Waals surface area contributed by atoms with Crippen molar-refractivity contribution in [2.75, 3.05) is 13.2 Å². The van der Waals surface area contributed by atoms with E-state index in [9.17, 15) is 4.79 Å². The Balaban J connectivity index is 0.0000168. The number of aromatic nitrogens is 1. The largest absolute Gasteiger partial charge is 1.00 e. The first-order valence-corrected chi connectivity index (χ1v) is 24.4. The fraction of sp³-hybridized carbons (Fsp3) is 0.769. The summed E-state index contributed by atoms with van der Waals surface area (Å²) in [6.07, 6.45) is 40.5. The summed E-state index contributed by atoms with van der Waals surface area (Å²) < 4.78 is 15.1. The molecule has 1 N–H and O–H groups in total. The highest BCUT2D eigenvalue weighted by Gasteiger charge is 2.24. The summed E-state index contributed by atoms with van der Waals surface area (Å²) in [5.74, 6) is 1.68. The number of pyridine rings is 1. The van der Waals surface area contributed by atoms with Gasteiger partial charge in [0.1, 0.15) is 18.5 Å². The van der Waals surface area contributed by atoms with E-state index in [0.717, 1.165) is 55.8 Å². The highest BCUT2D eigenvalue weighted by atomic mass is 127. The van der Waals surface area contributed by atoms with Gasteiger partial charge in [-0.2, -0.15) is 0 Å². The lowest BCUT2D eigenvalue weighted by Crippen LogP contribution is -3.00. The van der Waals surface area contributed by atoms with Crippen LogP contribution in [0, 0.1) is 0 Å². The van der Waals surface area contributed by atoms with Crippen LogP contribution in [0.25, 0.3) is 0 Å². The van der Waals surface area contributed by atoms with E-state index in [-0.39, 0.29) is 35.3 Å². The Morgan fingerprint density at radius 3 is 1.57 bits per heavy atom. The minimum absolute atomic E-state index is 0. The maximum absolute atomic E-state index is 13.6. The number of benzene rings is 1. The topological polar surface area (TPSA) is 51.4 Å². The second-order valence-corrected chi connectivity index (χ2v) is 18.2. The molecule has 0 radical (unpaired) electrons. The smallest absolute Gasteiger partial charge is 0.261 e. The fourth-order valence-corrected chi connectivity index (χ4v) is 7.95. The molecule has 1 heterocycles. The van der Waals surface area contributed by atoms with Gasteiger partial charge in [0.25, 0.3) is 5.91 Å². The lowest BCUT2D eigenvalue weighted by Gasteiger charge is -2.25. The van der Waals surface area contributed by atoms with Gasteiger partial charge in [-0.1, -0.05) is 208 Å². The number of aryl methyl sites for hydroxylation is 1. The van der Waals surface area contributed by atoms with Crippen LogP contribution in [0.3, 0.4) is 0 Å². The number of nitrogens with one attached hydrogen (secondary N) is 1. The van der Waals surface area contributed by atoms with Crippen LogP contribution in [-0.2, 0) is 23.7 Å². The van der Waals surface area contributed by atoms with Gasteiger partial charge in [0.15, 0.2) is 18.0 Å². The van der Waals surface area contributed by atoms with Gasteiger partial charge in [0.2, 0.25) is 0 Å². The van der Waals surface area contributed by atoms with Crippen LogP contribution in [-0.4, -0.2) is 25.2 Å². The molecule has 0 bridgehead atoms. The number of hydrogen-bond donors (Lipinski definition) is 1. The van der Waals surface area contributed by atoms with Crippen molar-refractivity contribution in [2.24, 2.45) is 7.05 Å². The quantitative estimate of drug-likeness (QED) is 0.0417. The SMILES string of the molecule is CCCCCCCCCCCCCCCCOc1ccc(OC(CCCCCCCCCCCCCCCC)C(=O)NCCc2cccc[n+]2C)cc1C(C)(C)C.[I-]. The van der Waals surface area contributed by atoms with Crippen molar-refractivity contribution in [3.63, 3.8) is 0 Å². The molecule has 1 atom stereocenters. The van der Waals surface area contributed by atoms with Crippen LogP contribution < -0.4 is 43.3 Å². The molecule has 0 saturated carbocycles. The van der Waals surface area contributed by atoms with E-state index in [2.05, 4.69) is 82.0 Å². The molecular formula is C52H91IN2O3. The van der Waals surface area contributed by atoms with E-state index in [1.165, 1.54) is 166 Å². The molecule has 1 aromatic carbocycles. The zero-order chi connectivity index (χ0) is 41.2. The fourth-order valence-electron chi connectivity index (χ4n) is 7.95. The molecule has 334 valence electrons. The average molecular weight is 919 g/mol. The van der Waals surface area contributed by atoms with Crippen LogP contribution >= 0.6 is 0 Å². The van der Waals surface area contributed by atoms with Crippen molar-refractivity contribution in [1.82, 2.24) is 5.32 Å². The minimum atomic E-state index is -0.512. The molecule has 58 heavy (non-hydrogen) atoms. The molecule has 1 amide bonds. The number of unbranched alkanes of at least 4 members (excludes halogenated alkanes) is 26. The Hall–Kier alpha value is -1.83. The number of amides is 1. The lowest BCUT2D eigenvalue weighted by atomic mass is 9.86. The Labute approximate surface area is 376 Å². The van der Waals surface area contributed by atoms with Crippen LogP contribution in [0.2, 0.25) is 0 Å². The standard InChI is InChI=1S/C52H90N2O3.HI/c1-7-9-11-13-15-17-19-21-23-25-27-29-31-33-38-50(51(55)53-42-41-46-37-34-35-43-54(46)6)57-47-39-40-49(48(45-47)52(3,4)5)56-44-36-32-30-28-26-24-22-20-18-16-14-12-10-8-2;/h34-35,37,39-40,43,45,50H,7-33,36,38,41-42,44H2,1-6H3;1H. The molecule has 0 aliphatic rings. The van der Waals surface area contributed by atoms with Crippen molar-refractivity contribution in [3.05, 3.63) is 53.9 Å². The third kappa shape index (κ3) is 27.1. The Morgan fingerprint density at radius 1 is 0.638 bits per heavy atom. The Bertz CT molecular complexity index is 1260. The van der Waals surface area contributed by atoms with E-state index in [4.69, 9.17) is 9.47 Å². The summed E-state index contributed by atoms with van der Waals surface area (Å²) in [6.45, 7) is 12.6. The summed E-state index contributed by atoms with van der Waals surface area (Å²) in [6, 6.07) is 12.4. The molecule has 0 spiro atoms. The number of rotatable bonds is 37. The third-order valence-electron chi connectivity index (χ3n) is 11.7. The maximum Gasteiger partial charge on any atom is 0.261 e. The van der Waals surface area contributed by atoms with E-state index < -0.39 is 6.10 Å². The number of carbonyl (C=O) groups excluding carboxylic acids is 1. The first-order valence-electron chi connectivity index (χ1n) is 24.4. The molecule has 0 saturated heterocycles. The van der Waals surface area contributed by atoms with Gasteiger partial charge in [-0.15, -0.1) is 0 Å². The molecular weight excluding hydrogens is 827 g/mol. The van der Waals surface area contributed by atoms with E-state index in [0.29, 0.717) is 6.54 Å². The molecule has 0 aliphatic carbocycles. The number of hydrogen-bond acceptors (Lipinski definition) is 3. The molecule has 2 aromatic rings.